The molecule has 0 aliphatic heterocycles. The molecular formula is C22H24N4OS2. The molecule has 1 saturated carbocycles. The molecule has 0 spiro atoms. The molecule has 29 heavy (non-hydrogen) atoms. The van der Waals surface area contributed by atoms with Crippen LogP contribution in [0.15, 0.2) is 65.7 Å². The minimum Gasteiger partial charge on any atom is -0.333 e. The largest absolute Gasteiger partial charge is 0.333 e. The molecule has 5 nitrogen and oxygen atoms in total. The quantitative estimate of drug-likeness (QED) is 0.353. The van der Waals surface area contributed by atoms with E-state index in [2.05, 4.69) is 39.5 Å². The van der Waals surface area contributed by atoms with Gasteiger partial charge in [-0.1, -0.05) is 54.2 Å². The van der Waals surface area contributed by atoms with Gasteiger partial charge in [0.1, 0.15) is 5.82 Å². The molecule has 0 unspecified atom stereocenters. The molecule has 1 aliphatic carbocycles. The SMILES string of the molecule is C=CCN(Cc1cccs1)C(=O)CSc1nnc(C2CC2)n1Cc1ccccc1. The van der Waals surface area contributed by atoms with Gasteiger partial charge in [-0.05, 0) is 29.9 Å². The van der Waals surface area contributed by atoms with Crippen molar-refractivity contribution in [3.05, 3.63) is 76.8 Å². The van der Waals surface area contributed by atoms with E-state index in [1.165, 1.54) is 35.0 Å². The first-order chi connectivity index (χ1) is 14.2. The third-order valence-electron chi connectivity index (χ3n) is 4.83. The van der Waals surface area contributed by atoms with Crippen molar-refractivity contribution < 1.29 is 4.79 Å². The fourth-order valence-electron chi connectivity index (χ4n) is 3.18. The van der Waals surface area contributed by atoms with Crippen LogP contribution in [-0.4, -0.2) is 37.9 Å². The van der Waals surface area contributed by atoms with Crippen LogP contribution < -0.4 is 0 Å². The summed E-state index contributed by atoms with van der Waals surface area (Å²) in [5.74, 6) is 1.99. The topological polar surface area (TPSA) is 51.0 Å². The molecule has 7 heteroatoms. The van der Waals surface area contributed by atoms with E-state index in [0.29, 0.717) is 24.8 Å². The average Bonchev–Trinajstić information content (AvgIpc) is 3.30. The Morgan fingerprint density at radius 3 is 2.76 bits per heavy atom. The second kappa shape index (κ2) is 9.41. The first-order valence-corrected chi connectivity index (χ1v) is 11.6. The second-order valence-electron chi connectivity index (χ2n) is 7.12. The number of hydrogen-bond acceptors (Lipinski definition) is 5. The summed E-state index contributed by atoms with van der Waals surface area (Å²) < 4.78 is 2.18. The van der Waals surface area contributed by atoms with Gasteiger partial charge < -0.3 is 9.47 Å². The zero-order valence-electron chi connectivity index (χ0n) is 16.2. The third-order valence-corrected chi connectivity index (χ3v) is 6.64. The van der Waals surface area contributed by atoms with Crippen molar-refractivity contribution in [2.24, 2.45) is 0 Å². The maximum Gasteiger partial charge on any atom is 0.233 e. The summed E-state index contributed by atoms with van der Waals surface area (Å²) in [5, 5.41) is 11.7. The van der Waals surface area contributed by atoms with Crippen LogP contribution in [0.4, 0.5) is 0 Å². The number of hydrogen-bond donors (Lipinski definition) is 0. The molecular weight excluding hydrogens is 400 g/mol. The van der Waals surface area contributed by atoms with Gasteiger partial charge in [0.2, 0.25) is 5.91 Å². The van der Waals surface area contributed by atoms with Gasteiger partial charge in [0.15, 0.2) is 5.16 Å². The van der Waals surface area contributed by atoms with E-state index in [4.69, 9.17) is 0 Å². The number of thiophene rings is 1. The monoisotopic (exact) mass is 424 g/mol. The van der Waals surface area contributed by atoms with Gasteiger partial charge in [0.25, 0.3) is 0 Å². The number of thioether (sulfide) groups is 1. The molecule has 2 aromatic heterocycles. The maximum atomic E-state index is 12.9. The summed E-state index contributed by atoms with van der Waals surface area (Å²) in [6.07, 6.45) is 4.12. The van der Waals surface area contributed by atoms with Crippen LogP contribution in [-0.2, 0) is 17.9 Å². The minimum atomic E-state index is 0.0885. The molecule has 0 radical (unpaired) electrons. The molecule has 0 atom stereocenters. The Balaban J connectivity index is 1.45. The highest BCUT2D eigenvalue weighted by Crippen LogP contribution is 2.40. The fraction of sp³-hybridized carbons (Fsp3) is 0.318. The Kier molecular flexibility index (Phi) is 6.46. The number of aromatic nitrogens is 3. The average molecular weight is 425 g/mol. The number of benzene rings is 1. The fourth-order valence-corrected chi connectivity index (χ4v) is 4.75. The van der Waals surface area contributed by atoms with E-state index in [1.807, 2.05) is 34.5 Å². The lowest BCUT2D eigenvalue weighted by atomic mass is 10.2. The minimum absolute atomic E-state index is 0.0885. The second-order valence-corrected chi connectivity index (χ2v) is 9.09. The van der Waals surface area contributed by atoms with E-state index in [1.54, 1.807) is 17.4 Å². The highest BCUT2D eigenvalue weighted by atomic mass is 32.2. The smallest absolute Gasteiger partial charge is 0.233 e. The Morgan fingerprint density at radius 2 is 2.07 bits per heavy atom. The van der Waals surface area contributed by atoms with E-state index in [9.17, 15) is 4.79 Å². The van der Waals surface area contributed by atoms with E-state index >= 15 is 0 Å². The van der Waals surface area contributed by atoms with Crippen LogP contribution in [0.1, 0.15) is 35.0 Å². The van der Waals surface area contributed by atoms with Gasteiger partial charge in [-0.15, -0.1) is 28.1 Å². The molecule has 4 rings (SSSR count). The first-order valence-electron chi connectivity index (χ1n) is 9.75. The molecule has 2 heterocycles. The van der Waals surface area contributed by atoms with Crippen molar-refractivity contribution in [1.82, 2.24) is 19.7 Å². The summed E-state index contributed by atoms with van der Waals surface area (Å²) in [6.45, 7) is 5.70. The number of rotatable bonds is 10. The Hall–Kier alpha value is -2.38. The highest BCUT2D eigenvalue weighted by molar-refractivity contribution is 7.99. The molecule has 1 amide bonds. The van der Waals surface area contributed by atoms with Crippen molar-refractivity contribution in [3.63, 3.8) is 0 Å². The molecule has 1 aliphatic rings. The molecule has 0 saturated heterocycles. The Bertz CT molecular complexity index is 949. The molecule has 1 fully saturated rings. The lowest BCUT2D eigenvalue weighted by Crippen LogP contribution is -2.31. The highest BCUT2D eigenvalue weighted by Gasteiger charge is 2.30. The molecule has 3 aromatic rings. The van der Waals surface area contributed by atoms with Crippen LogP contribution >= 0.6 is 23.1 Å². The van der Waals surface area contributed by atoms with E-state index in [0.717, 1.165) is 17.5 Å². The van der Waals surface area contributed by atoms with Gasteiger partial charge in [-0.25, -0.2) is 0 Å². The molecule has 0 N–H and O–H groups in total. The van der Waals surface area contributed by atoms with E-state index < -0.39 is 0 Å². The van der Waals surface area contributed by atoms with Gasteiger partial charge in [-0.3, -0.25) is 4.79 Å². The van der Waals surface area contributed by atoms with Gasteiger partial charge in [-0.2, -0.15) is 0 Å². The lowest BCUT2D eigenvalue weighted by molar-refractivity contribution is -0.128. The summed E-state index contributed by atoms with van der Waals surface area (Å²) in [5.41, 5.74) is 1.22. The normalized spacial score (nSPS) is 13.4. The summed E-state index contributed by atoms with van der Waals surface area (Å²) >= 11 is 3.14. The zero-order valence-corrected chi connectivity index (χ0v) is 17.9. The van der Waals surface area contributed by atoms with Crippen molar-refractivity contribution in [3.8, 4) is 0 Å². The standard InChI is InChI=1S/C22H24N4OS2/c1-2-12-25(15-19-9-6-13-28-19)20(27)16-29-22-24-23-21(18-10-11-18)26(22)14-17-7-4-3-5-8-17/h2-9,13,18H,1,10-12,14-16H2. The number of nitrogens with zero attached hydrogens (tertiary/aromatic N) is 4. The van der Waals surface area contributed by atoms with Crippen molar-refractivity contribution in [2.75, 3.05) is 12.3 Å². The lowest BCUT2D eigenvalue weighted by Gasteiger charge is -2.20. The molecule has 0 bridgehead atoms. The summed E-state index contributed by atoms with van der Waals surface area (Å²) in [6, 6.07) is 14.4. The molecule has 1 aromatic carbocycles. The predicted molar refractivity (Wildman–Crippen MR) is 118 cm³/mol. The first kappa shape index (κ1) is 19.9. The van der Waals surface area contributed by atoms with Crippen molar-refractivity contribution in [2.45, 2.75) is 37.0 Å². The predicted octanol–water partition coefficient (Wildman–Crippen LogP) is 4.57. The van der Waals surface area contributed by atoms with Crippen LogP contribution in [0, 0.1) is 0 Å². The molecule has 150 valence electrons. The van der Waals surface area contributed by atoms with Gasteiger partial charge in [0, 0.05) is 17.3 Å². The van der Waals surface area contributed by atoms with Gasteiger partial charge in [0.05, 0.1) is 18.8 Å². The zero-order chi connectivity index (χ0) is 20.1. The number of carbonyl (C=O) groups is 1. The van der Waals surface area contributed by atoms with E-state index in [-0.39, 0.29) is 5.91 Å². The Morgan fingerprint density at radius 1 is 1.24 bits per heavy atom. The van der Waals surface area contributed by atoms with Crippen molar-refractivity contribution in [1.29, 1.82) is 0 Å². The summed E-state index contributed by atoms with van der Waals surface area (Å²) in [4.78, 5) is 15.9. The number of amides is 1. The van der Waals surface area contributed by atoms with Crippen molar-refractivity contribution >= 4 is 29.0 Å². The van der Waals surface area contributed by atoms with Crippen LogP contribution in [0.2, 0.25) is 0 Å². The maximum absolute atomic E-state index is 12.9. The van der Waals surface area contributed by atoms with Crippen LogP contribution in [0.5, 0.6) is 0 Å². The summed E-state index contributed by atoms with van der Waals surface area (Å²) in [7, 11) is 0. The van der Waals surface area contributed by atoms with Crippen LogP contribution in [0.25, 0.3) is 0 Å². The Labute approximate surface area is 179 Å². The third kappa shape index (κ3) is 5.16. The van der Waals surface area contributed by atoms with Gasteiger partial charge >= 0.3 is 0 Å². The number of carbonyl (C=O) groups excluding carboxylic acids is 1. The van der Waals surface area contributed by atoms with Crippen LogP contribution in [0.3, 0.4) is 0 Å².